The molecule has 3 aromatic heterocycles. The predicted molar refractivity (Wildman–Crippen MR) is 141 cm³/mol. The Morgan fingerprint density at radius 3 is 2.55 bits per heavy atom. The number of rotatable bonds is 5. The number of tetrazole rings is 1. The highest BCUT2D eigenvalue weighted by Crippen LogP contribution is 2.32. The van der Waals surface area contributed by atoms with Gasteiger partial charge in [0.05, 0.1) is 24.9 Å². The van der Waals surface area contributed by atoms with Gasteiger partial charge in [0, 0.05) is 36.6 Å². The van der Waals surface area contributed by atoms with Crippen LogP contribution in [-0.4, -0.2) is 71.8 Å². The number of piperidine rings is 1. The van der Waals surface area contributed by atoms with Gasteiger partial charge in [0.15, 0.2) is 17.4 Å². The van der Waals surface area contributed by atoms with Crippen molar-refractivity contribution in [3.63, 3.8) is 0 Å². The average Bonchev–Trinajstić information content (AvgIpc) is 3.60. The number of nitrogens with two attached hydrogens (primary N) is 1. The maximum absolute atomic E-state index is 14.8. The lowest BCUT2D eigenvalue weighted by atomic mass is 10.1. The number of carbonyl (C=O) groups is 1. The van der Waals surface area contributed by atoms with Crippen molar-refractivity contribution in [1.82, 2.24) is 39.9 Å². The third-order valence-corrected chi connectivity index (χ3v) is 6.53. The van der Waals surface area contributed by atoms with Gasteiger partial charge < -0.3 is 20.1 Å². The number of methoxy groups -OCH3 is 1. The van der Waals surface area contributed by atoms with Crippen molar-refractivity contribution in [2.75, 3.05) is 25.9 Å². The second kappa shape index (κ2) is 10.5. The van der Waals surface area contributed by atoms with E-state index in [9.17, 15) is 13.6 Å². The van der Waals surface area contributed by atoms with E-state index in [1.54, 1.807) is 23.4 Å². The van der Waals surface area contributed by atoms with Crippen LogP contribution < -0.4 is 10.5 Å². The van der Waals surface area contributed by atoms with Gasteiger partial charge in [0.1, 0.15) is 17.1 Å². The Morgan fingerprint density at radius 2 is 1.85 bits per heavy atom. The number of anilines is 1. The van der Waals surface area contributed by atoms with Gasteiger partial charge >= 0.3 is 6.09 Å². The molecule has 12 nitrogen and oxygen atoms in total. The lowest BCUT2D eigenvalue weighted by Crippen LogP contribution is -2.42. The predicted octanol–water partition coefficient (Wildman–Crippen LogP) is 4.03. The quantitative estimate of drug-likeness (QED) is 0.388. The number of hydrogen-bond acceptors (Lipinski definition) is 9. The first-order chi connectivity index (χ1) is 19.1. The molecule has 0 radical (unpaired) electrons. The molecule has 2 N–H and O–H groups in total. The number of benzene rings is 1. The summed E-state index contributed by atoms with van der Waals surface area (Å²) in [5.41, 5.74) is 7.17. The number of pyridine rings is 1. The number of halogens is 2. The first kappa shape index (κ1) is 27.0. The summed E-state index contributed by atoms with van der Waals surface area (Å²) in [5.74, 6) is -2.39. The van der Waals surface area contributed by atoms with Crippen molar-refractivity contribution < 1.29 is 23.0 Å². The molecule has 0 unspecified atom stereocenters. The normalized spacial score (nSPS) is 14.4. The van der Waals surface area contributed by atoms with Crippen molar-refractivity contribution in [2.24, 2.45) is 0 Å². The smallest absolute Gasteiger partial charge is 0.410 e. The third kappa shape index (κ3) is 5.28. The summed E-state index contributed by atoms with van der Waals surface area (Å²) >= 11 is 0. The Bertz CT molecular complexity index is 1540. The molecule has 1 saturated heterocycles. The van der Waals surface area contributed by atoms with Crippen LogP contribution in [0.5, 0.6) is 5.75 Å². The largest absolute Gasteiger partial charge is 0.494 e. The molecule has 14 heteroatoms. The van der Waals surface area contributed by atoms with E-state index in [2.05, 4.69) is 25.6 Å². The molecule has 0 bridgehead atoms. The molecule has 4 aromatic rings. The van der Waals surface area contributed by atoms with Crippen molar-refractivity contribution in [2.45, 2.75) is 45.3 Å². The number of aromatic nitrogens is 7. The van der Waals surface area contributed by atoms with Gasteiger partial charge in [0.25, 0.3) is 0 Å². The zero-order valence-electron chi connectivity index (χ0n) is 22.5. The van der Waals surface area contributed by atoms with E-state index >= 15 is 0 Å². The van der Waals surface area contributed by atoms with E-state index in [-0.39, 0.29) is 35.2 Å². The van der Waals surface area contributed by atoms with Gasteiger partial charge in [-0.15, -0.1) is 5.10 Å². The molecule has 1 fully saturated rings. The van der Waals surface area contributed by atoms with E-state index in [4.69, 9.17) is 15.2 Å². The van der Waals surface area contributed by atoms with E-state index in [0.717, 1.165) is 23.1 Å². The molecule has 4 heterocycles. The fourth-order valence-corrected chi connectivity index (χ4v) is 4.50. The number of amides is 1. The molecular weight excluding hydrogens is 524 g/mol. The summed E-state index contributed by atoms with van der Waals surface area (Å²) < 4.78 is 42.4. The molecule has 0 aliphatic carbocycles. The number of ether oxygens (including phenoxy) is 2. The molecule has 0 spiro atoms. The molecule has 1 aliphatic heterocycles. The van der Waals surface area contributed by atoms with Crippen LogP contribution in [-0.2, 0) is 4.74 Å². The van der Waals surface area contributed by atoms with Crippen LogP contribution in [0.4, 0.5) is 19.4 Å². The summed E-state index contributed by atoms with van der Waals surface area (Å²) in [6.07, 6.45) is 6.33. The number of likely N-dealkylation sites (tertiary alicyclic amines) is 1. The highest BCUT2D eigenvalue weighted by molar-refractivity contribution is 5.76. The van der Waals surface area contributed by atoms with E-state index < -0.39 is 17.2 Å². The Balaban J connectivity index is 1.37. The Morgan fingerprint density at radius 1 is 1.10 bits per heavy atom. The number of nitrogen functional groups attached to an aromatic ring is 1. The van der Waals surface area contributed by atoms with Crippen LogP contribution in [0.1, 0.15) is 39.7 Å². The van der Waals surface area contributed by atoms with Gasteiger partial charge in [0.2, 0.25) is 5.82 Å². The minimum Gasteiger partial charge on any atom is -0.494 e. The minimum atomic E-state index is -1.17. The summed E-state index contributed by atoms with van der Waals surface area (Å²) in [7, 11) is 1.24. The number of carbonyl (C=O) groups excluding carboxylic acids is 1. The first-order valence-corrected chi connectivity index (χ1v) is 12.6. The van der Waals surface area contributed by atoms with Gasteiger partial charge in [-0.1, -0.05) is 0 Å². The number of nitrogens with zero attached hydrogens (tertiary/aromatic N) is 8. The van der Waals surface area contributed by atoms with E-state index in [1.807, 2.05) is 31.6 Å². The van der Waals surface area contributed by atoms with Crippen molar-refractivity contribution in [1.29, 1.82) is 0 Å². The molecule has 0 atom stereocenters. The fraction of sp³-hybridized carbons (Fsp3) is 0.385. The van der Waals surface area contributed by atoms with Gasteiger partial charge in [-0.25, -0.2) is 14.2 Å². The van der Waals surface area contributed by atoms with Crippen LogP contribution in [0.15, 0.2) is 36.8 Å². The maximum atomic E-state index is 14.8. The van der Waals surface area contributed by atoms with Gasteiger partial charge in [-0.2, -0.15) is 14.2 Å². The molecule has 1 amide bonds. The average molecular weight is 554 g/mol. The van der Waals surface area contributed by atoms with Crippen LogP contribution in [0.25, 0.3) is 28.2 Å². The van der Waals surface area contributed by atoms with Crippen LogP contribution in [0.2, 0.25) is 0 Å². The zero-order chi connectivity index (χ0) is 28.6. The molecule has 0 saturated carbocycles. The number of hydrogen-bond donors (Lipinski definition) is 1. The lowest BCUT2D eigenvalue weighted by Gasteiger charge is -2.33. The second-order valence-corrected chi connectivity index (χ2v) is 10.4. The summed E-state index contributed by atoms with van der Waals surface area (Å²) in [6.45, 7) is 6.66. The third-order valence-electron chi connectivity index (χ3n) is 6.53. The molecule has 210 valence electrons. The SMILES string of the molecule is COc1ccc(-n2nnnc2-c2cc(-c3cnn(C4CCN(C(=O)OC(C)(C)C)CC4)c3)cnc2N)c(F)c1F. The van der Waals surface area contributed by atoms with Crippen LogP contribution in [0.3, 0.4) is 0 Å². The summed E-state index contributed by atoms with van der Waals surface area (Å²) in [4.78, 5) is 18.4. The van der Waals surface area contributed by atoms with Crippen molar-refractivity contribution in [3.8, 4) is 34.0 Å². The van der Waals surface area contributed by atoms with Crippen molar-refractivity contribution >= 4 is 11.9 Å². The Hall–Kier alpha value is -4.62. The molecule has 40 heavy (non-hydrogen) atoms. The molecule has 5 rings (SSSR count). The van der Waals surface area contributed by atoms with E-state index in [0.29, 0.717) is 24.2 Å². The van der Waals surface area contributed by atoms with Gasteiger partial charge in [-0.05, 0) is 62.2 Å². The minimum absolute atomic E-state index is 0.0808. The highest BCUT2D eigenvalue weighted by atomic mass is 19.2. The first-order valence-electron chi connectivity index (χ1n) is 12.6. The van der Waals surface area contributed by atoms with Crippen molar-refractivity contribution in [3.05, 3.63) is 48.4 Å². The summed E-state index contributed by atoms with van der Waals surface area (Å²) in [6, 6.07) is 4.41. The fourth-order valence-electron chi connectivity index (χ4n) is 4.50. The zero-order valence-corrected chi connectivity index (χ0v) is 22.5. The topological polar surface area (TPSA) is 139 Å². The van der Waals surface area contributed by atoms with Crippen LogP contribution >= 0.6 is 0 Å². The monoisotopic (exact) mass is 553 g/mol. The molecule has 1 aromatic carbocycles. The lowest BCUT2D eigenvalue weighted by molar-refractivity contribution is 0.0185. The maximum Gasteiger partial charge on any atom is 0.410 e. The van der Waals surface area contributed by atoms with Gasteiger partial charge in [-0.3, -0.25) is 4.68 Å². The summed E-state index contributed by atoms with van der Waals surface area (Å²) in [5, 5.41) is 16.0. The second-order valence-electron chi connectivity index (χ2n) is 10.4. The molecular formula is C26H29F2N9O3. The highest BCUT2D eigenvalue weighted by Gasteiger charge is 2.28. The standard InChI is InChI=1S/C26H29F2N9O3/c1-26(2,3)40-25(38)35-9-7-17(8-10-35)36-14-16(13-31-36)15-11-18(23(29)30-12-15)24-32-33-34-37(24)19-5-6-20(39-4)22(28)21(19)27/h5-6,11-14,17H,7-10H2,1-4H3,(H2,29,30). The van der Waals surface area contributed by atoms with Crippen LogP contribution in [0, 0.1) is 11.6 Å². The van der Waals surface area contributed by atoms with E-state index in [1.165, 1.54) is 19.2 Å². The Kier molecular flexibility index (Phi) is 7.08. The Labute approximate surface area is 228 Å². The molecule has 1 aliphatic rings.